The Bertz CT molecular complexity index is 297. The Morgan fingerprint density at radius 2 is 1.85 bits per heavy atom. The molecule has 0 bridgehead atoms. The summed E-state index contributed by atoms with van der Waals surface area (Å²) in [6, 6.07) is 2.10. The van der Waals surface area contributed by atoms with Crippen LogP contribution in [-0.4, -0.2) is 11.3 Å². The van der Waals surface area contributed by atoms with Crippen LogP contribution >= 0.6 is 0 Å². The maximum atomic E-state index is 10.7. The summed E-state index contributed by atoms with van der Waals surface area (Å²) in [6.45, 7) is 8.43. The van der Waals surface area contributed by atoms with Gasteiger partial charge in [0.05, 0.1) is 5.69 Å². The van der Waals surface area contributed by atoms with Crippen LogP contribution < -0.4 is 0 Å². The molecule has 13 heavy (non-hydrogen) atoms. The van der Waals surface area contributed by atoms with Gasteiger partial charge in [-0.15, -0.1) is 0 Å². The van der Waals surface area contributed by atoms with Crippen LogP contribution in [0.25, 0.3) is 0 Å². The first-order valence-corrected chi connectivity index (χ1v) is 4.74. The third-order valence-corrected chi connectivity index (χ3v) is 2.26. The van der Waals surface area contributed by atoms with Crippen LogP contribution in [0.2, 0.25) is 0 Å². The highest BCUT2D eigenvalue weighted by molar-refractivity contribution is 5.75. The van der Waals surface area contributed by atoms with E-state index in [0.717, 1.165) is 23.2 Å². The summed E-state index contributed by atoms with van der Waals surface area (Å²) in [6.07, 6.45) is 0.904. The summed E-state index contributed by atoms with van der Waals surface area (Å²) < 4.78 is 0. The summed E-state index contributed by atoms with van der Waals surface area (Å²) in [7, 11) is 0. The molecule has 0 spiro atoms. The van der Waals surface area contributed by atoms with E-state index in [9.17, 15) is 4.79 Å². The fourth-order valence-electron chi connectivity index (χ4n) is 1.40. The molecule has 0 saturated carbocycles. The Hall–Kier alpha value is -1.05. The molecule has 0 aliphatic carbocycles. The van der Waals surface area contributed by atoms with Crippen LogP contribution in [0.4, 0.5) is 0 Å². The first-order valence-electron chi connectivity index (χ1n) is 4.74. The van der Waals surface area contributed by atoms with Crippen molar-refractivity contribution in [3.8, 4) is 0 Å². The van der Waals surface area contributed by atoms with E-state index in [1.165, 1.54) is 0 Å². The average molecular weight is 179 g/mol. The molecule has 1 aromatic heterocycles. The van der Waals surface area contributed by atoms with Gasteiger partial charge in [0.1, 0.15) is 0 Å². The lowest BCUT2D eigenvalue weighted by molar-refractivity contribution is 0.111. The Kier molecular flexibility index (Phi) is 2.91. The summed E-state index contributed by atoms with van der Waals surface area (Å²) in [4.78, 5) is 13.9. The van der Waals surface area contributed by atoms with Gasteiger partial charge in [-0.1, -0.05) is 27.7 Å². The van der Waals surface area contributed by atoms with Crippen LogP contribution in [0.5, 0.6) is 0 Å². The maximum Gasteiger partial charge on any atom is 0.166 e. The third kappa shape index (κ3) is 2.00. The van der Waals surface area contributed by atoms with Crippen molar-refractivity contribution in [1.29, 1.82) is 0 Å². The normalized spacial score (nSPS) is 11.2. The highest BCUT2D eigenvalue weighted by atomic mass is 16.1. The van der Waals surface area contributed by atoms with Crippen molar-refractivity contribution in [2.45, 2.75) is 39.5 Å². The average Bonchev–Trinajstić information content (AvgIpc) is 2.47. The highest BCUT2D eigenvalue weighted by Gasteiger charge is 2.11. The monoisotopic (exact) mass is 179 g/mol. The van der Waals surface area contributed by atoms with E-state index in [0.29, 0.717) is 11.8 Å². The number of carbonyl (C=O) groups excluding carboxylic acids is 1. The van der Waals surface area contributed by atoms with Crippen molar-refractivity contribution in [3.05, 3.63) is 23.0 Å². The predicted molar refractivity (Wildman–Crippen MR) is 54.4 cm³/mol. The standard InChI is InChI=1S/C11H17NO/c1-7(2)9-5-10(8(3)4)12-11(9)6-13/h5-8,12H,1-4H3. The highest BCUT2D eigenvalue weighted by Crippen LogP contribution is 2.23. The van der Waals surface area contributed by atoms with Crippen LogP contribution in [0.1, 0.15) is 61.3 Å². The van der Waals surface area contributed by atoms with Crippen LogP contribution in [-0.2, 0) is 0 Å². The van der Waals surface area contributed by atoms with Gasteiger partial charge in [-0.25, -0.2) is 0 Å². The first-order chi connectivity index (χ1) is 6.06. The van der Waals surface area contributed by atoms with E-state index in [4.69, 9.17) is 0 Å². The molecule has 1 aromatic rings. The zero-order valence-corrected chi connectivity index (χ0v) is 8.72. The third-order valence-electron chi connectivity index (χ3n) is 2.26. The van der Waals surface area contributed by atoms with Gasteiger partial charge in [-0.3, -0.25) is 4.79 Å². The number of aromatic nitrogens is 1. The molecule has 1 N–H and O–H groups in total. The second kappa shape index (κ2) is 3.77. The molecule has 2 nitrogen and oxygen atoms in total. The van der Waals surface area contributed by atoms with E-state index in [1.54, 1.807) is 0 Å². The lowest BCUT2D eigenvalue weighted by Gasteiger charge is -2.00. The topological polar surface area (TPSA) is 32.9 Å². The van der Waals surface area contributed by atoms with Crippen molar-refractivity contribution in [3.63, 3.8) is 0 Å². The lowest BCUT2D eigenvalue weighted by atomic mass is 10.0. The van der Waals surface area contributed by atoms with Gasteiger partial charge in [0, 0.05) is 5.69 Å². The fraction of sp³-hybridized carbons (Fsp3) is 0.545. The first kappa shape index (κ1) is 10.0. The minimum absolute atomic E-state index is 0.406. The minimum atomic E-state index is 0.406. The molecule has 0 aliphatic rings. The molecular weight excluding hydrogens is 162 g/mol. The molecule has 0 fully saturated rings. The number of hydrogen-bond acceptors (Lipinski definition) is 1. The van der Waals surface area contributed by atoms with Gasteiger partial charge in [-0.2, -0.15) is 0 Å². The zero-order chi connectivity index (χ0) is 10.0. The number of aromatic amines is 1. The van der Waals surface area contributed by atoms with Gasteiger partial charge < -0.3 is 4.98 Å². The molecule has 0 saturated heterocycles. The molecule has 0 aromatic carbocycles. The smallest absolute Gasteiger partial charge is 0.166 e. The lowest BCUT2D eigenvalue weighted by Crippen LogP contribution is -1.91. The molecule has 72 valence electrons. The van der Waals surface area contributed by atoms with Gasteiger partial charge in [0.15, 0.2) is 6.29 Å². The molecule has 0 amide bonds. The Morgan fingerprint density at radius 3 is 2.15 bits per heavy atom. The van der Waals surface area contributed by atoms with E-state index in [-0.39, 0.29) is 0 Å². The minimum Gasteiger partial charge on any atom is -0.356 e. The number of hydrogen-bond donors (Lipinski definition) is 1. The molecule has 0 atom stereocenters. The van der Waals surface area contributed by atoms with Crippen molar-refractivity contribution in [2.75, 3.05) is 0 Å². The van der Waals surface area contributed by atoms with E-state index in [1.807, 2.05) is 0 Å². The Labute approximate surface area is 79.4 Å². The van der Waals surface area contributed by atoms with Gasteiger partial charge in [0.25, 0.3) is 0 Å². The molecule has 0 aliphatic heterocycles. The summed E-state index contributed by atoms with van der Waals surface area (Å²) in [5, 5.41) is 0. The van der Waals surface area contributed by atoms with Crippen LogP contribution in [0.15, 0.2) is 6.07 Å². The largest absolute Gasteiger partial charge is 0.356 e. The van der Waals surface area contributed by atoms with Crippen molar-refractivity contribution < 1.29 is 4.79 Å². The van der Waals surface area contributed by atoms with Crippen LogP contribution in [0.3, 0.4) is 0 Å². The summed E-state index contributed by atoms with van der Waals surface area (Å²) >= 11 is 0. The second-order valence-corrected chi connectivity index (χ2v) is 4.02. The van der Waals surface area contributed by atoms with Gasteiger partial charge in [0.2, 0.25) is 0 Å². The fourth-order valence-corrected chi connectivity index (χ4v) is 1.40. The number of aldehydes is 1. The summed E-state index contributed by atoms with van der Waals surface area (Å²) in [5.74, 6) is 0.857. The number of H-pyrrole nitrogens is 1. The van der Waals surface area contributed by atoms with Gasteiger partial charge >= 0.3 is 0 Å². The van der Waals surface area contributed by atoms with E-state index in [2.05, 4.69) is 38.7 Å². The van der Waals surface area contributed by atoms with Crippen molar-refractivity contribution >= 4 is 6.29 Å². The predicted octanol–water partition coefficient (Wildman–Crippen LogP) is 3.07. The quantitative estimate of drug-likeness (QED) is 0.711. The zero-order valence-electron chi connectivity index (χ0n) is 8.72. The van der Waals surface area contributed by atoms with E-state index < -0.39 is 0 Å². The number of carbonyl (C=O) groups is 1. The molecule has 2 heteroatoms. The molecule has 1 rings (SSSR count). The maximum absolute atomic E-state index is 10.7. The van der Waals surface area contributed by atoms with Crippen molar-refractivity contribution in [2.24, 2.45) is 0 Å². The second-order valence-electron chi connectivity index (χ2n) is 4.02. The number of rotatable bonds is 3. The number of nitrogens with one attached hydrogen (secondary N) is 1. The van der Waals surface area contributed by atoms with Crippen molar-refractivity contribution in [1.82, 2.24) is 4.98 Å². The summed E-state index contributed by atoms with van der Waals surface area (Å²) in [5.41, 5.74) is 3.00. The SMILES string of the molecule is CC(C)c1cc(C(C)C)c(C=O)[nH]1. The molecule has 0 radical (unpaired) electrons. The van der Waals surface area contributed by atoms with Gasteiger partial charge in [-0.05, 0) is 23.5 Å². The molecular formula is C11H17NO. The molecule has 0 unspecified atom stereocenters. The van der Waals surface area contributed by atoms with Crippen LogP contribution in [0, 0.1) is 0 Å². The Balaban J connectivity index is 3.11. The Morgan fingerprint density at radius 1 is 1.23 bits per heavy atom. The van der Waals surface area contributed by atoms with E-state index >= 15 is 0 Å². The molecule has 1 heterocycles.